The summed E-state index contributed by atoms with van der Waals surface area (Å²) in [5.41, 5.74) is 2.48. The SMILES string of the molecule is COC[C@@H]1CN(Cc2cc(F)c3nc(N4CCN(C5COC5)CC4)ncc3c2)C[C@H]1Oc1ccc2c(c1)CN([C@H]1CCC(=O)NC1=O)C2=O. The van der Waals surface area contributed by atoms with Gasteiger partial charge in [0.05, 0.1) is 25.9 Å². The van der Waals surface area contributed by atoms with Crippen LogP contribution in [0.15, 0.2) is 36.5 Å². The molecule has 4 saturated heterocycles. The molecule has 8 rings (SSSR count). The summed E-state index contributed by atoms with van der Waals surface area (Å²) in [6.07, 6.45) is 2.06. The van der Waals surface area contributed by atoms with Gasteiger partial charge in [0.25, 0.3) is 5.91 Å². The van der Waals surface area contributed by atoms with E-state index in [4.69, 9.17) is 14.2 Å². The zero-order valence-electron chi connectivity index (χ0n) is 27.5. The van der Waals surface area contributed by atoms with Crippen LogP contribution in [0.2, 0.25) is 0 Å². The van der Waals surface area contributed by atoms with Crippen molar-refractivity contribution in [2.24, 2.45) is 5.92 Å². The lowest BCUT2D eigenvalue weighted by Gasteiger charge is -2.42. The number of imide groups is 1. The molecule has 14 heteroatoms. The molecule has 3 aromatic rings. The maximum Gasteiger partial charge on any atom is 0.255 e. The van der Waals surface area contributed by atoms with Gasteiger partial charge in [0.1, 0.15) is 29.2 Å². The third-order valence-corrected chi connectivity index (χ3v) is 10.4. The highest BCUT2D eigenvalue weighted by molar-refractivity contribution is 6.05. The quantitative estimate of drug-likeness (QED) is 0.333. The van der Waals surface area contributed by atoms with Crippen molar-refractivity contribution in [1.82, 2.24) is 30.0 Å². The first kappa shape index (κ1) is 32.0. The Hall–Kier alpha value is -4.24. The molecular weight excluding hydrogens is 633 g/mol. The number of anilines is 1. The number of hydrogen-bond acceptors (Lipinski definition) is 11. The summed E-state index contributed by atoms with van der Waals surface area (Å²) in [4.78, 5) is 54.7. The van der Waals surface area contributed by atoms with Crippen LogP contribution in [0.25, 0.3) is 10.9 Å². The molecule has 0 spiro atoms. The topological polar surface area (TPSA) is 130 Å². The Morgan fingerprint density at radius 2 is 1.90 bits per heavy atom. The lowest BCUT2D eigenvalue weighted by atomic mass is 10.0. The lowest BCUT2D eigenvalue weighted by molar-refractivity contribution is -0.136. The van der Waals surface area contributed by atoms with Crippen molar-refractivity contribution in [3.05, 3.63) is 59.0 Å². The normalized spacial score (nSPS) is 25.2. The number of fused-ring (bicyclic) bond motifs is 2. The van der Waals surface area contributed by atoms with Gasteiger partial charge in [-0.15, -0.1) is 0 Å². The Kier molecular flexibility index (Phi) is 8.64. The van der Waals surface area contributed by atoms with Crippen molar-refractivity contribution >= 4 is 34.6 Å². The smallest absolute Gasteiger partial charge is 0.255 e. The molecule has 0 radical (unpaired) electrons. The van der Waals surface area contributed by atoms with Crippen molar-refractivity contribution in [3.8, 4) is 5.75 Å². The van der Waals surface area contributed by atoms with Crippen molar-refractivity contribution in [2.45, 2.75) is 44.1 Å². The van der Waals surface area contributed by atoms with Gasteiger partial charge in [0.2, 0.25) is 17.8 Å². The summed E-state index contributed by atoms with van der Waals surface area (Å²) in [7, 11) is 1.67. The molecule has 2 aromatic carbocycles. The lowest BCUT2D eigenvalue weighted by Crippen LogP contribution is -2.56. The summed E-state index contributed by atoms with van der Waals surface area (Å²) in [5, 5.41) is 3.01. The Morgan fingerprint density at radius 3 is 2.65 bits per heavy atom. The molecule has 0 unspecified atom stereocenters. The Bertz CT molecular complexity index is 1780. The van der Waals surface area contributed by atoms with Crippen LogP contribution in [0.1, 0.15) is 34.3 Å². The monoisotopic (exact) mass is 673 g/mol. The van der Waals surface area contributed by atoms with Crippen molar-refractivity contribution in [1.29, 1.82) is 0 Å². The zero-order chi connectivity index (χ0) is 33.6. The van der Waals surface area contributed by atoms with E-state index in [2.05, 4.69) is 30.0 Å². The molecule has 5 aliphatic rings. The second kappa shape index (κ2) is 13.2. The number of ether oxygens (including phenoxy) is 3. The van der Waals surface area contributed by atoms with Gasteiger partial charge in [-0.3, -0.25) is 29.5 Å². The number of halogens is 1. The largest absolute Gasteiger partial charge is 0.489 e. The number of likely N-dealkylation sites (tertiary alicyclic amines) is 1. The summed E-state index contributed by atoms with van der Waals surface area (Å²) in [6.45, 7) is 7.64. The fourth-order valence-electron chi connectivity index (χ4n) is 7.74. The molecule has 1 aromatic heterocycles. The molecule has 0 bridgehead atoms. The number of aromatic nitrogens is 2. The number of rotatable bonds is 9. The first-order chi connectivity index (χ1) is 23.8. The van der Waals surface area contributed by atoms with Crippen LogP contribution in [-0.2, 0) is 32.2 Å². The number of nitrogens with zero attached hydrogens (tertiary/aromatic N) is 6. The summed E-state index contributed by atoms with van der Waals surface area (Å²) < 4.78 is 32.9. The molecule has 49 heavy (non-hydrogen) atoms. The Morgan fingerprint density at radius 1 is 1.06 bits per heavy atom. The standard InChI is InChI=1S/C35H40FN7O6/c1-47-18-24-15-40(17-30(24)49-26-2-3-27-23(12-26)16-43(34(27)46)29-4-5-31(44)38-33(29)45)14-21-10-22-13-37-35(39-32(22)28(36)11-21)42-8-6-41(7-9-42)25-19-48-20-25/h2-3,10-13,24-25,29-30H,4-9,14-20H2,1H3,(H,38,44,45)/t24-,29-,30+/m0/s1. The highest BCUT2D eigenvalue weighted by Crippen LogP contribution is 2.32. The zero-order valence-corrected chi connectivity index (χ0v) is 27.5. The number of carbonyl (C=O) groups is 3. The van der Waals surface area contributed by atoms with Crippen LogP contribution < -0.4 is 15.0 Å². The average molecular weight is 674 g/mol. The number of carbonyl (C=O) groups excluding carboxylic acids is 3. The first-order valence-electron chi connectivity index (χ1n) is 17.0. The van der Waals surface area contributed by atoms with Crippen LogP contribution in [-0.4, -0.2) is 127 Å². The Balaban J connectivity index is 0.917. The van der Waals surface area contributed by atoms with Gasteiger partial charge in [-0.25, -0.2) is 14.4 Å². The fourth-order valence-corrected chi connectivity index (χ4v) is 7.74. The van der Waals surface area contributed by atoms with E-state index in [0.717, 1.165) is 50.5 Å². The second-order valence-corrected chi connectivity index (χ2v) is 13.7. The molecule has 1 N–H and O–H groups in total. The molecule has 0 aliphatic carbocycles. The van der Waals surface area contributed by atoms with E-state index in [1.165, 1.54) is 4.90 Å². The molecular formula is C35H40FN7O6. The van der Waals surface area contributed by atoms with E-state index in [1.54, 1.807) is 31.5 Å². The van der Waals surface area contributed by atoms with Gasteiger partial charge in [-0.2, -0.15) is 0 Å². The molecule has 6 heterocycles. The maximum atomic E-state index is 15.5. The van der Waals surface area contributed by atoms with E-state index in [1.807, 2.05) is 12.1 Å². The van der Waals surface area contributed by atoms with Gasteiger partial charge >= 0.3 is 0 Å². The number of amides is 3. The molecule has 5 aliphatic heterocycles. The second-order valence-electron chi connectivity index (χ2n) is 13.7. The van der Waals surface area contributed by atoms with E-state index in [9.17, 15) is 14.4 Å². The minimum atomic E-state index is -0.668. The van der Waals surface area contributed by atoms with E-state index >= 15 is 4.39 Å². The van der Waals surface area contributed by atoms with Crippen molar-refractivity contribution in [3.63, 3.8) is 0 Å². The van der Waals surface area contributed by atoms with Gasteiger partial charge in [0.15, 0.2) is 0 Å². The number of nitrogens with one attached hydrogen (secondary N) is 1. The number of hydrogen-bond donors (Lipinski definition) is 1. The van der Waals surface area contributed by atoms with E-state index in [0.29, 0.717) is 66.9 Å². The van der Waals surface area contributed by atoms with Crippen molar-refractivity contribution in [2.75, 3.05) is 71.1 Å². The van der Waals surface area contributed by atoms with Gasteiger partial charge in [0, 0.05) is 89.0 Å². The number of piperidine rings is 1. The average Bonchev–Trinajstić information content (AvgIpc) is 3.59. The van der Waals surface area contributed by atoms with Crippen LogP contribution in [0.3, 0.4) is 0 Å². The summed E-state index contributed by atoms with van der Waals surface area (Å²) in [6, 6.07) is 8.76. The van der Waals surface area contributed by atoms with Gasteiger partial charge in [-0.05, 0) is 47.9 Å². The minimum Gasteiger partial charge on any atom is -0.489 e. The van der Waals surface area contributed by atoms with Crippen LogP contribution in [0.5, 0.6) is 5.75 Å². The number of piperazine rings is 1. The minimum absolute atomic E-state index is 0.0772. The van der Waals surface area contributed by atoms with E-state index in [-0.39, 0.29) is 42.6 Å². The number of methoxy groups -OCH3 is 1. The molecule has 3 amide bonds. The third-order valence-electron chi connectivity index (χ3n) is 10.4. The Labute approximate surface area is 283 Å². The molecule has 4 fully saturated rings. The van der Waals surface area contributed by atoms with Crippen LogP contribution >= 0.6 is 0 Å². The summed E-state index contributed by atoms with van der Waals surface area (Å²) >= 11 is 0. The predicted molar refractivity (Wildman–Crippen MR) is 175 cm³/mol. The van der Waals surface area contributed by atoms with Gasteiger partial charge in [-0.1, -0.05) is 0 Å². The van der Waals surface area contributed by atoms with E-state index < -0.39 is 11.9 Å². The third kappa shape index (κ3) is 6.33. The summed E-state index contributed by atoms with van der Waals surface area (Å²) in [5.74, 6) is -0.0588. The molecule has 13 nitrogen and oxygen atoms in total. The fraction of sp³-hybridized carbons (Fsp3) is 0.514. The maximum absolute atomic E-state index is 15.5. The highest BCUT2D eigenvalue weighted by atomic mass is 19.1. The van der Waals surface area contributed by atoms with Crippen LogP contribution in [0.4, 0.5) is 10.3 Å². The molecule has 258 valence electrons. The molecule has 0 saturated carbocycles. The highest BCUT2D eigenvalue weighted by Gasteiger charge is 2.40. The van der Waals surface area contributed by atoms with Crippen molar-refractivity contribution < 1.29 is 33.0 Å². The van der Waals surface area contributed by atoms with Crippen LogP contribution in [0, 0.1) is 11.7 Å². The number of benzene rings is 2. The predicted octanol–water partition coefficient (Wildman–Crippen LogP) is 1.58. The first-order valence-corrected chi connectivity index (χ1v) is 17.0. The molecule has 3 atom stereocenters. The van der Waals surface area contributed by atoms with Gasteiger partial charge < -0.3 is 24.0 Å².